The zero-order valence-corrected chi connectivity index (χ0v) is 16.5. The van der Waals surface area contributed by atoms with Gasteiger partial charge in [0.25, 0.3) is 10.9 Å². The topological polar surface area (TPSA) is 87.7 Å². The number of hydrogen-bond donors (Lipinski definition) is 2. The summed E-state index contributed by atoms with van der Waals surface area (Å²) in [5.74, 6) is 0.332. The van der Waals surface area contributed by atoms with Gasteiger partial charge < -0.3 is 20.3 Å². The van der Waals surface area contributed by atoms with Crippen LogP contribution in [0.3, 0.4) is 0 Å². The van der Waals surface area contributed by atoms with Gasteiger partial charge in [-0.3, -0.25) is 9.59 Å². The lowest BCUT2D eigenvalue weighted by Crippen LogP contribution is -2.48. The van der Waals surface area contributed by atoms with Crippen molar-refractivity contribution in [2.45, 2.75) is 64.5 Å². The predicted octanol–water partition coefficient (Wildman–Crippen LogP) is 2.23. The maximum absolute atomic E-state index is 12.2. The first-order valence-electron chi connectivity index (χ1n) is 9.34. The van der Waals surface area contributed by atoms with Gasteiger partial charge in [-0.25, -0.2) is 4.79 Å². The van der Waals surface area contributed by atoms with E-state index in [4.69, 9.17) is 4.74 Å². The highest BCUT2D eigenvalue weighted by Gasteiger charge is 2.29. The molecular weight excluding hydrogens is 334 g/mol. The third-order valence-electron chi connectivity index (χ3n) is 4.75. The average molecular weight is 365 g/mol. The van der Waals surface area contributed by atoms with Crippen LogP contribution < -0.4 is 26.4 Å². The molecular formula is C19H31N3O4. The Balaban J connectivity index is 2.07. The van der Waals surface area contributed by atoms with Crippen molar-refractivity contribution in [3.05, 3.63) is 20.4 Å². The Kier molecular flexibility index (Phi) is 6.31. The molecule has 1 amide bonds. The van der Waals surface area contributed by atoms with Crippen molar-refractivity contribution in [2.75, 3.05) is 30.9 Å². The van der Waals surface area contributed by atoms with Crippen molar-refractivity contribution in [1.82, 2.24) is 5.32 Å². The lowest BCUT2D eigenvalue weighted by atomic mass is 9.84. The summed E-state index contributed by atoms with van der Waals surface area (Å²) < 4.78 is 5.38. The van der Waals surface area contributed by atoms with Crippen molar-refractivity contribution >= 4 is 17.5 Å². The quantitative estimate of drug-likeness (QED) is 0.752. The van der Waals surface area contributed by atoms with Gasteiger partial charge in [0.05, 0.1) is 6.04 Å². The smallest absolute Gasteiger partial charge is 0.407 e. The molecule has 1 fully saturated rings. The number of ether oxygens (including phenoxy) is 1. The molecule has 0 aliphatic heterocycles. The summed E-state index contributed by atoms with van der Waals surface area (Å²) >= 11 is 0. The van der Waals surface area contributed by atoms with E-state index in [2.05, 4.69) is 10.6 Å². The third-order valence-corrected chi connectivity index (χ3v) is 4.75. The fourth-order valence-electron chi connectivity index (χ4n) is 3.51. The Bertz CT molecular complexity index is 692. The molecule has 0 heterocycles. The van der Waals surface area contributed by atoms with Gasteiger partial charge in [0.15, 0.2) is 0 Å². The number of nitrogens with one attached hydrogen (secondary N) is 2. The molecule has 7 heteroatoms. The van der Waals surface area contributed by atoms with Crippen LogP contribution in [0.4, 0.5) is 16.2 Å². The molecule has 0 radical (unpaired) electrons. The van der Waals surface area contributed by atoms with Gasteiger partial charge in [0.2, 0.25) is 0 Å². The molecule has 0 saturated heterocycles. The van der Waals surface area contributed by atoms with Crippen LogP contribution in [0.15, 0.2) is 9.59 Å². The van der Waals surface area contributed by atoms with Crippen LogP contribution in [0.5, 0.6) is 0 Å². The Morgan fingerprint density at radius 2 is 1.77 bits per heavy atom. The van der Waals surface area contributed by atoms with E-state index in [1.807, 2.05) is 20.8 Å². The number of nitrogens with zero attached hydrogens (tertiary/aromatic N) is 1. The van der Waals surface area contributed by atoms with Crippen molar-refractivity contribution in [1.29, 1.82) is 0 Å². The van der Waals surface area contributed by atoms with Crippen LogP contribution in [0.25, 0.3) is 0 Å². The number of amides is 1. The first-order valence-corrected chi connectivity index (χ1v) is 9.34. The standard InChI is InChI=1S/C19H31N3O4/c1-19(2,3)26-18(25)21-13(12-9-7-6-8-10-12)11-20-14-15(22(4)5)17(24)16(14)23/h12-13,20H,6-11H2,1-5H3,(H,21,25)/t13-/m1/s1. The summed E-state index contributed by atoms with van der Waals surface area (Å²) in [6, 6.07) is -0.149. The lowest BCUT2D eigenvalue weighted by Gasteiger charge is -2.32. The van der Waals surface area contributed by atoms with Gasteiger partial charge in [-0.15, -0.1) is 0 Å². The SMILES string of the molecule is CN(C)c1c(NC[C@@H](NC(=O)OC(C)(C)C)C2CCCCC2)c(=O)c1=O. The van der Waals surface area contributed by atoms with Gasteiger partial charge in [-0.05, 0) is 39.5 Å². The molecule has 1 aromatic carbocycles. The van der Waals surface area contributed by atoms with Gasteiger partial charge in [0.1, 0.15) is 17.0 Å². The largest absolute Gasteiger partial charge is 0.444 e. The molecule has 2 N–H and O–H groups in total. The van der Waals surface area contributed by atoms with E-state index in [-0.39, 0.29) is 6.04 Å². The molecule has 1 aromatic rings. The summed E-state index contributed by atoms with van der Waals surface area (Å²) in [7, 11) is 3.47. The van der Waals surface area contributed by atoms with Crippen LogP contribution in [0.2, 0.25) is 0 Å². The Morgan fingerprint density at radius 3 is 2.31 bits per heavy atom. The first-order chi connectivity index (χ1) is 12.1. The minimum absolute atomic E-state index is 0.149. The molecule has 1 saturated carbocycles. The zero-order valence-electron chi connectivity index (χ0n) is 16.5. The van der Waals surface area contributed by atoms with Gasteiger partial charge in [0, 0.05) is 20.6 Å². The van der Waals surface area contributed by atoms with Crippen LogP contribution in [-0.2, 0) is 4.74 Å². The Hall–Kier alpha value is -2.05. The number of carbonyl (C=O) groups is 1. The molecule has 0 unspecified atom stereocenters. The minimum Gasteiger partial charge on any atom is -0.444 e. The molecule has 2 rings (SSSR count). The van der Waals surface area contributed by atoms with Gasteiger partial charge >= 0.3 is 6.09 Å². The molecule has 0 spiro atoms. The van der Waals surface area contributed by atoms with E-state index in [9.17, 15) is 14.4 Å². The van der Waals surface area contributed by atoms with E-state index in [1.54, 1.807) is 19.0 Å². The molecule has 146 valence electrons. The van der Waals surface area contributed by atoms with Crippen molar-refractivity contribution in [2.24, 2.45) is 5.92 Å². The lowest BCUT2D eigenvalue weighted by molar-refractivity contribution is 0.0482. The summed E-state index contributed by atoms with van der Waals surface area (Å²) in [4.78, 5) is 37.5. The molecule has 7 nitrogen and oxygen atoms in total. The molecule has 0 aromatic heterocycles. The third kappa shape index (κ3) is 4.99. The highest BCUT2D eigenvalue weighted by atomic mass is 16.6. The second kappa shape index (κ2) is 8.10. The van der Waals surface area contributed by atoms with Crippen molar-refractivity contribution in [3.63, 3.8) is 0 Å². The highest BCUT2D eigenvalue weighted by molar-refractivity contribution is 5.75. The second-order valence-electron chi connectivity index (χ2n) is 8.31. The predicted molar refractivity (Wildman–Crippen MR) is 104 cm³/mol. The van der Waals surface area contributed by atoms with Crippen molar-refractivity contribution < 1.29 is 9.53 Å². The Labute approximate surface area is 154 Å². The average Bonchev–Trinajstić information content (AvgIpc) is 2.55. The van der Waals surface area contributed by atoms with Crippen LogP contribution in [0, 0.1) is 5.92 Å². The van der Waals surface area contributed by atoms with E-state index >= 15 is 0 Å². The first kappa shape index (κ1) is 20.3. The Morgan fingerprint density at radius 1 is 1.15 bits per heavy atom. The molecule has 26 heavy (non-hydrogen) atoms. The number of alkyl carbamates (subject to hydrolysis) is 1. The van der Waals surface area contributed by atoms with Crippen molar-refractivity contribution in [3.8, 4) is 0 Å². The summed E-state index contributed by atoms with van der Waals surface area (Å²) in [6.45, 7) is 5.88. The number of hydrogen-bond acceptors (Lipinski definition) is 6. The van der Waals surface area contributed by atoms with Crippen LogP contribution in [0.1, 0.15) is 52.9 Å². The molecule has 1 aliphatic carbocycles. The normalized spacial score (nSPS) is 17.0. The monoisotopic (exact) mass is 365 g/mol. The number of anilines is 2. The number of carbonyl (C=O) groups excluding carboxylic acids is 1. The maximum Gasteiger partial charge on any atom is 0.407 e. The van der Waals surface area contributed by atoms with Crippen LogP contribution >= 0.6 is 0 Å². The summed E-state index contributed by atoms with van der Waals surface area (Å²) in [6.07, 6.45) is 5.11. The number of rotatable bonds is 6. The molecule has 1 atom stereocenters. The van der Waals surface area contributed by atoms with E-state index in [0.717, 1.165) is 25.7 Å². The second-order valence-corrected chi connectivity index (χ2v) is 8.31. The van der Waals surface area contributed by atoms with E-state index in [0.29, 0.717) is 23.8 Å². The molecule has 0 bridgehead atoms. The van der Waals surface area contributed by atoms with E-state index in [1.165, 1.54) is 6.42 Å². The fourth-order valence-corrected chi connectivity index (χ4v) is 3.51. The van der Waals surface area contributed by atoms with Gasteiger partial charge in [-0.1, -0.05) is 19.3 Å². The minimum atomic E-state index is -0.564. The van der Waals surface area contributed by atoms with Crippen LogP contribution in [-0.4, -0.2) is 38.4 Å². The molecule has 1 aliphatic rings. The summed E-state index contributed by atoms with van der Waals surface area (Å²) in [5, 5.41) is 6.05. The van der Waals surface area contributed by atoms with E-state index < -0.39 is 22.6 Å². The summed E-state index contributed by atoms with van der Waals surface area (Å²) in [5.41, 5.74) is -0.785. The maximum atomic E-state index is 12.2. The fraction of sp³-hybridized carbons (Fsp3) is 0.737. The highest BCUT2D eigenvalue weighted by Crippen LogP contribution is 2.27. The van der Waals surface area contributed by atoms with Gasteiger partial charge in [-0.2, -0.15) is 0 Å². The zero-order chi connectivity index (χ0) is 19.5.